The zero-order valence-electron chi connectivity index (χ0n) is 20.0. The molecule has 0 amide bonds. The summed E-state index contributed by atoms with van der Waals surface area (Å²) in [6.45, 7) is 10.3. The molecule has 4 rings (SSSR count). The maximum atomic E-state index is 12.7. The number of benzene rings is 2. The second kappa shape index (κ2) is 9.77. The molecule has 0 saturated carbocycles. The van der Waals surface area contributed by atoms with Crippen molar-refractivity contribution in [2.24, 2.45) is 4.99 Å². The molecular formula is C28H28N2O3S. The van der Waals surface area contributed by atoms with Crippen LogP contribution in [0.5, 0.6) is 0 Å². The van der Waals surface area contributed by atoms with Crippen LogP contribution in [-0.4, -0.2) is 27.3 Å². The van der Waals surface area contributed by atoms with Crippen LogP contribution in [0.25, 0.3) is 11.8 Å². The molecule has 0 saturated heterocycles. The minimum atomic E-state index is -0.578. The summed E-state index contributed by atoms with van der Waals surface area (Å²) in [5.41, 5.74) is 7.42. The molecule has 2 aromatic carbocycles. The molecule has 0 radical (unpaired) electrons. The fraction of sp³-hybridized carbons (Fsp3) is 0.214. The number of esters is 1. The smallest absolute Gasteiger partial charge is 0.344 e. The average Bonchev–Trinajstić information content (AvgIpc) is 3.23. The molecule has 0 unspecified atom stereocenters. The van der Waals surface area contributed by atoms with E-state index in [1.54, 1.807) is 6.92 Å². The third-order valence-electron chi connectivity index (χ3n) is 5.58. The Labute approximate surface area is 204 Å². The van der Waals surface area contributed by atoms with Crippen molar-refractivity contribution < 1.29 is 14.6 Å². The van der Waals surface area contributed by atoms with E-state index in [9.17, 15) is 9.90 Å². The molecule has 0 atom stereocenters. The normalized spacial score (nSPS) is 16.0. The maximum absolute atomic E-state index is 12.7. The first kappa shape index (κ1) is 23.6. The quantitative estimate of drug-likeness (QED) is 0.410. The van der Waals surface area contributed by atoms with E-state index in [4.69, 9.17) is 4.74 Å². The number of thioether (sulfide) groups is 1. The fourth-order valence-electron chi connectivity index (χ4n) is 4.16. The number of hydrogen-bond donors (Lipinski definition) is 1. The van der Waals surface area contributed by atoms with Crippen molar-refractivity contribution in [1.29, 1.82) is 0 Å². The van der Waals surface area contributed by atoms with Gasteiger partial charge >= 0.3 is 5.97 Å². The van der Waals surface area contributed by atoms with Crippen molar-refractivity contribution in [2.45, 2.75) is 34.6 Å². The summed E-state index contributed by atoms with van der Waals surface area (Å²) in [4.78, 5) is 17.8. The van der Waals surface area contributed by atoms with Gasteiger partial charge in [-0.05, 0) is 87.7 Å². The molecule has 0 fully saturated rings. The lowest BCUT2D eigenvalue weighted by Crippen LogP contribution is -2.12. The third-order valence-corrected chi connectivity index (χ3v) is 6.60. The predicted octanol–water partition coefficient (Wildman–Crippen LogP) is 6.90. The highest BCUT2D eigenvalue weighted by atomic mass is 32.2. The van der Waals surface area contributed by atoms with E-state index in [1.807, 2.05) is 36.4 Å². The van der Waals surface area contributed by atoms with Crippen LogP contribution >= 0.6 is 11.8 Å². The Bertz CT molecular complexity index is 1330. The second-order valence-electron chi connectivity index (χ2n) is 8.32. The number of para-hydroxylation sites is 1. The predicted molar refractivity (Wildman–Crippen MR) is 140 cm³/mol. The average molecular weight is 473 g/mol. The van der Waals surface area contributed by atoms with Crippen LogP contribution < -0.4 is 0 Å². The highest BCUT2D eigenvalue weighted by Gasteiger charge is 2.33. The van der Waals surface area contributed by atoms with E-state index in [0.29, 0.717) is 15.6 Å². The van der Waals surface area contributed by atoms with Crippen molar-refractivity contribution >= 4 is 34.5 Å². The zero-order chi connectivity index (χ0) is 24.4. The number of aliphatic imine (C=N–C) groups is 1. The first-order chi connectivity index (χ1) is 16.3. The summed E-state index contributed by atoms with van der Waals surface area (Å²) in [6, 6.07) is 17.9. The number of nitrogens with zero attached hydrogens (tertiary/aromatic N) is 2. The minimum Gasteiger partial charge on any atom is -0.506 e. The molecule has 1 aliphatic heterocycles. The van der Waals surface area contributed by atoms with Crippen molar-refractivity contribution in [1.82, 2.24) is 4.57 Å². The van der Waals surface area contributed by atoms with Gasteiger partial charge in [-0.25, -0.2) is 9.79 Å². The van der Waals surface area contributed by atoms with E-state index in [1.165, 1.54) is 22.9 Å². The van der Waals surface area contributed by atoms with E-state index < -0.39 is 5.97 Å². The summed E-state index contributed by atoms with van der Waals surface area (Å²) >= 11 is 1.27. The van der Waals surface area contributed by atoms with Crippen molar-refractivity contribution in [3.8, 4) is 5.69 Å². The van der Waals surface area contributed by atoms with Crippen LogP contribution in [0.15, 0.2) is 75.8 Å². The molecule has 2 heterocycles. The number of carbonyl (C=O) groups is 1. The Balaban J connectivity index is 1.78. The Kier molecular flexibility index (Phi) is 6.80. The van der Waals surface area contributed by atoms with Crippen LogP contribution in [0.2, 0.25) is 0 Å². The summed E-state index contributed by atoms with van der Waals surface area (Å²) < 4.78 is 7.41. The van der Waals surface area contributed by atoms with E-state index in [-0.39, 0.29) is 17.9 Å². The van der Waals surface area contributed by atoms with Gasteiger partial charge in [0.2, 0.25) is 0 Å². The van der Waals surface area contributed by atoms with Crippen LogP contribution in [0.1, 0.15) is 35.0 Å². The van der Waals surface area contributed by atoms with Gasteiger partial charge in [0.25, 0.3) is 0 Å². The largest absolute Gasteiger partial charge is 0.506 e. The summed E-state index contributed by atoms with van der Waals surface area (Å²) in [5, 5.41) is 11.4. The standard InChI is InChI=1S/C28H28N2O3S/c1-6-33-28(32)25-26(31)24(34-27(25)29-22-10-8-7-9-11-22)16-21-15-19(4)30(20(21)5)23-13-17(2)12-18(3)14-23/h7-16,31H,6H2,1-5H3/b24-16-,29-27?. The molecule has 0 spiro atoms. The topological polar surface area (TPSA) is 63.8 Å². The monoisotopic (exact) mass is 472 g/mol. The molecule has 1 N–H and O–H groups in total. The van der Waals surface area contributed by atoms with Crippen molar-refractivity contribution in [3.63, 3.8) is 0 Å². The molecule has 1 aromatic heterocycles. The summed E-state index contributed by atoms with van der Waals surface area (Å²) in [6.07, 6.45) is 1.91. The SMILES string of the molecule is CCOC(=O)C1=C(O)/C(=C/c2cc(C)n(-c3cc(C)cc(C)c3)c2C)SC1=Nc1ccccc1. The van der Waals surface area contributed by atoms with Gasteiger partial charge in [0.1, 0.15) is 16.4 Å². The highest BCUT2D eigenvalue weighted by Crippen LogP contribution is 2.41. The van der Waals surface area contributed by atoms with Crippen molar-refractivity contribution in [3.05, 3.63) is 98.9 Å². The molecule has 174 valence electrons. The van der Waals surface area contributed by atoms with Gasteiger partial charge in [0, 0.05) is 17.1 Å². The molecule has 1 aliphatic rings. The van der Waals surface area contributed by atoms with Gasteiger partial charge in [-0.2, -0.15) is 0 Å². The lowest BCUT2D eigenvalue weighted by atomic mass is 10.1. The number of carbonyl (C=O) groups excluding carboxylic acids is 1. The first-order valence-electron chi connectivity index (χ1n) is 11.2. The Morgan fingerprint density at radius 3 is 2.38 bits per heavy atom. The van der Waals surface area contributed by atoms with Crippen LogP contribution in [0.3, 0.4) is 0 Å². The first-order valence-corrected chi connectivity index (χ1v) is 12.0. The van der Waals surface area contributed by atoms with Gasteiger partial charge in [-0.1, -0.05) is 36.0 Å². The zero-order valence-corrected chi connectivity index (χ0v) is 20.9. The summed E-state index contributed by atoms with van der Waals surface area (Å²) in [7, 11) is 0. The van der Waals surface area contributed by atoms with Gasteiger partial charge < -0.3 is 14.4 Å². The molecule has 3 aromatic rings. The Morgan fingerprint density at radius 2 is 1.74 bits per heavy atom. The number of aromatic nitrogens is 1. The van der Waals surface area contributed by atoms with Crippen molar-refractivity contribution in [2.75, 3.05) is 6.61 Å². The number of rotatable bonds is 5. The molecule has 5 nitrogen and oxygen atoms in total. The van der Waals surface area contributed by atoms with Crippen LogP contribution in [-0.2, 0) is 9.53 Å². The van der Waals surface area contributed by atoms with Crippen LogP contribution in [0, 0.1) is 27.7 Å². The summed E-state index contributed by atoms with van der Waals surface area (Å²) in [5.74, 6) is -0.680. The number of aliphatic hydroxyl groups excluding tert-OH is 1. The van der Waals surface area contributed by atoms with E-state index in [0.717, 1.165) is 22.6 Å². The number of aliphatic hydroxyl groups is 1. The molecule has 0 bridgehead atoms. The van der Waals surface area contributed by atoms with Gasteiger partial charge in [-0.15, -0.1) is 0 Å². The van der Waals surface area contributed by atoms with Gasteiger partial charge in [-0.3, -0.25) is 0 Å². The lowest BCUT2D eigenvalue weighted by Gasteiger charge is -2.12. The molecule has 34 heavy (non-hydrogen) atoms. The lowest BCUT2D eigenvalue weighted by molar-refractivity contribution is -0.138. The van der Waals surface area contributed by atoms with E-state index in [2.05, 4.69) is 61.5 Å². The molecular weight excluding hydrogens is 444 g/mol. The molecule has 0 aliphatic carbocycles. The number of hydrogen-bond acceptors (Lipinski definition) is 5. The number of ether oxygens (including phenoxy) is 1. The third kappa shape index (κ3) is 4.73. The Hall–Kier alpha value is -3.51. The van der Waals surface area contributed by atoms with Crippen LogP contribution in [0.4, 0.5) is 5.69 Å². The van der Waals surface area contributed by atoms with Gasteiger partial charge in [0.15, 0.2) is 0 Å². The van der Waals surface area contributed by atoms with E-state index >= 15 is 0 Å². The Morgan fingerprint density at radius 1 is 1.06 bits per heavy atom. The fourth-order valence-corrected chi connectivity index (χ4v) is 5.19. The highest BCUT2D eigenvalue weighted by molar-refractivity contribution is 8.18. The van der Waals surface area contributed by atoms with Gasteiger partial charge in [0.05, 0.1) is 17.2 Å². The minimum absolute atomic E-state index is 0.102. The second-order valence-corrected chi connectivity index (χ2v) is 9.35. The maximum Gasteiger partial charge on any atom is 0.344 e. The molecule has 6 heteroatoms. The number of aryl methyl sites for hydroxylation is 3.